The molecule has 0 atom stereocenters. The Hall–Kier alpha value is -3.39. The second-order valence-electron chi connectivity index (χ2n) is 6.89. The van der Waals surface area contributed by atoms with Crippen molar-refractivity contribution in [3.63, 3.8) is 0 Å². The summed E-state index contributed by atoms with van der Waals surface area (Å²) in [6.45, 7) is 0. The summed E-state index contributed by atoms with van der Waals surface area (Å²) in [5, 5.41) is 13.0. The summed E-state index contributed by atoms with van der Waals surface area (Å²) in [7, 11) is 0. The monoisotopic (exact) mass is 482 g/mol. The predicted molar refractivity (Wildman–Crippen MR) is 125 cm³/mol. The van der Waals surface area contributed by atoms with Gasteiger partial charge in [-0.05, 0) is 48.5 Å². The third kappa shape index (κ3) is 4.05. The van der Waals surface area contributed by atoms with Crippen LogP contribution in [0, 0.1) is 0 Å². The molecule has 1 N–H and O–H groups in total. The van der Waals surface area contributed by atoms with E-state index in [0.29, 0.717) is 32.1 Å². The molecule has 158 valence electrons. The van der Waals surface area contributed by atoms with Crippen LogP contribution >= 0.6 is 34.8 Å². The van der Waals surface area contributed by atoms with E-state index >= 15 is 0 Å². The van der Waals surface area contributed by atoms with Gasteiger partial charge in [0.15, 0.2) is 11.3 Å². The first-order chi connectivity index (χ1) is 15.5. The lowest BCUT2D eigenvalue weighted by molar-refractivity contribution is 0.102. The van der Waals surface area contributed by atoms with Crippen molar-refractivity contribution in [2.75, 3.05) is 5.32 Å². The Morgan fingerprint density at radius 2 is 1.66 bits per heavy atom. The van der Waals surface area contributed by atoms with Crippen molar-refractivity contribution >= 4 is 52.0 Å². The molecule has 0 radical (unpaired) electrons. The fraction of sp³-hybridized carbons (Fsp3) is 0. The zero-order valence-corrected chi connectivity index (χ0v) is 18.5. The lowest BCUT2D eigenvalue weighted by Crippen LogP contribution is -2.12. The first-order valence-electron chi connectivity index (χ1n) is 9.39. The van der Waals surface area contributed by atoms with Gasteiger partial charge >= 0.3 is 0 Å². The molecule has 0 fully saturated rings. The molecule has 0 aliphatic rings. The topological polar surface area (TPSA) is 77.1 Å². The number of hydrogen-bond acceptors (Lipinski definition) is 4. The van der Waals surface area contributed by atoms with Crippen molar-refractivity contribution in [2.24, 2.45) is 0 Å². The van der Waals surface area contributed by atoms with Crippen LogP contribution in [0.15, 0.2) is 73.2 Å². The first-order valence-corrected chi connectivity index (χ1v) is 10.5. The van der Waals surface area contributed by atoms with E-state index in [2.05, 4.69) is 20.5 Å². The van der Waals surface area contributed by atoms with Crippen LogP contribution in [0.3, 0.4) is 0 Å². The summed E-state index contributed by atoms with van der Waals surface area (Å²) in [6, 6.07) is 15.8. The number of aromatic nitrogens is 5. The molecule has 32 heavy (non-hydrogen) atoms. The van der Waals surface area contributed by atoms with Gasteiger partial charge in [0.2, 0.25) is 0 Å². The van der Waals surface area contributed by atoms with Crippen molar-refractivity contribution in [3.05, 3.63) is 93.9 Å². The van der Waals surface area contributed by atoms with Crippen LogP contribution in [0.25, 0.3) is 22.6 Å². The van der Waals surface area contributed by atoms with Crippen molar-refractivity contribution < 1.29 is 4.79 Å². The summed E-state index contributed by atoms with van der Waals surface area (Å²) in [5.41, 5.74) is 3.65. The fourth-order valence-corrected chi connectivity index (χ4v) is 3.92. The minimum Gasteiger partial charge on any atom is -0.321 e. The van der Waals surface area contributed by atoms with E-state index < -0.39 is 0 Å². The molecule has 0 aliphatic heterocycles. The molecule has 5 rings (SSSR count). The van der Waals surface area contributed by atoms with Crippen molar-refractivity contribution in [1.29, 1.82) is 0 Å². The van der Waals surface area contributed by atoms with Gasteiger partial charge in [0.05, 0.1) is 22.6 Å². The maximum Gasteiger partial charge on any atom is 0.276 e. The standard InChI is InChI=1S/C22H13Cl3N6O/c23-14-7-13(8-15(24)9-14)20-5-6-26-21-10-19(29-31(20)21)22(32)28-17-1-3-18(4-2-17)30-12-16(25)11-27-30/h1-12H,(H,28,32). The number of anilines is 1. The molecule has 10 heteroatoms. The number of fused-ring (bicyclic) bond motifs is 1. The highest BCUT2D eigenvalue weighted by Gasteiger charge is 2.15. The molecule has 0 saturated heterocycles. The number of rotatable bonds is 4. The Morgan fingerprint density at radius 1 is 0.906 bits per heavy atom. The Balaban J connectivity index is 1.42. The van der Waals surface area contributed by atoms with E-state index in [1.807, 2.05) is 12.1 Å². The lowest BCUT2D eigenvalue weighted by Gasteiger charge is -2.06. The second kappa shape index (κ2) is 8.27. The molecule has 3 heterocycles. The fourth-order valence-electron chi connectivity index (χ4n) is 3.26. The molecule has 0 bridgehead atoms. The Bertz CT molecular complexity index is 1440. The number of nitrogens with one attached hydrogen (secondary N) is 1. The molecule has 1 amide bonds. The highest BCUT2D eigenvalue weighted by Crippen LogP contribution is 2.27. The van der Waals surface area contributed by atoms with Crippen LogP contribution in [0.1, 0.15) is 10.5 Å². The van der Waals surface area contributed by atoms with Crippen LogP contribution in [0.2, 0.25) is 15.1 Å². The maximum absolute atomic E-state index is 12.8. The van der Waals surface area contributed by atoms with Crippen LogP contribution in [-0.4, -0.2) is 30.3 Å². The van der Waals surface area contributed by atoms with Crippen LogP contribution < -0.4 is 5.32 Å². The van der Waals surface area contributed by atoms with Gasteiger partial charge in [-0.2, -0.15) is 10.2 Å². The zero-order valence-electron chi connectivity index (χ0n) is 16.2. The molecule has 5 aromatic rings. The number of nitrogens with zero attached hydrogens (tertiary/aromatic N) is 5. The van der Waals surface area contributed by atoms with Crippen molar-refractivity contribution in [2.45, 2.75) is 0 Å². The molecule has 0 aliphatic carbocycles. The van der Waals surface area contributed by atoms with E-state index in [1.54, 1.807) is 70.3 Å². The van der Waals surface area contributed by atoms with E-state index in [4.69, 9.17) is 34.8 Å². The minimum atomic E-state index is -0.361. The lowest BCUT2D eigenvalue weighted by atomic mass is 10.1. The molecule has 0 saturated carbocycles. The van der Waals surface area contributed by atoms with E-state index in [1.165, 1.54) is 0 Å². The number of hydrogen-bond donors (Lipinski definition) is 1. The van der Waals surface area contributed by atoms with Crippen LogP contribution in [0.4, 0.5) is 5.69 Å². The molecular formula is C22H13Cl3N6O. The zero-order chi connectivity index (χ0) is 22.2. The molecule has 2 aromatic carbocycles. The number of amides is 1. The minimum absolute atomic E-state index is 0.223. The summed E-state index contributed by atoms with van der Waals surface area (Å²) >= 11 is 18.2. The van der Waals surface area contributed by atoms with Gasteiger partial charge in [0.1, 0.15) is 0 Å². The van der Waals surface area contributed by atoms with Crippen molar-refractivity contribution in [1.82, 2.24) is 24.4 Å². The SMILES string of the molecule is O=C(Nc1ccc(-n2cc(Cl)cn2)cc1)c1cc2nccc(-c3cc(Cl)cc(Cl)c3)n2n1. The average molecular weight is 484 g/mol. The highest BCUT2D eigenvalue weighted by molar-refractivity contribution is 6.35. The predicted octanol–water partition coefficient (Wildman–Crippen LogP) is 5.79. The molecule has 0 spiro atoms. The van der Waals surface area contributed by atoms with Gasteiger partial charge < -0.3 is 5.32 Å². The Labute approximate surface area is 197 Å². The molecular weight excluding hydrogens is 471 g/mol. The van der Waals surface area contributed by atoms with Gasteiger partial charge in [-0.25, -0.2) is 14.2 Å². The summed E-state index contributed by atoms with van der Waals surface area (Å²) < 4.78 is 3.23. The second-order valence-corrected chi connectivity index (χ2v) is 8.20. The Kier molecular flexibility index (Phi) is 5.30. The van der Waals surface area contributed by atoms with Gasteiger partial charge in [-0.15, -0.1) is 0 Å². The Morgan fingerprint density at radius 3 is 2.34 bits per heavy atom. The summed E-state index contributed by atoms with van der Waals surface area (Å²) in [4.78, 5) is 17.1. The first kappa shape index (κ1) is 20.5. The highest BCUT2D eigenvalue weighted by atomic mass is 35.5. The van der Waals surface area contributed by atoms with Crippen LogP contribution in [-0.2, 0) is 0 Å². The number of carbonyl (C=O) groups excluding carboxylic acids is 1. The molecule has 7 nitrogen and oxygen atoms in total. The van der Waals surface area contributed by atoms with Gasteiger partial charge in [-0.1, -0.05) is 34.8 Å². The smallest absolute Gasteiger partial charge is 0.276 e. The van der Waals surface area contributed by atoms with Crippen LogP contribution in [0.5, 0.6) is 0 Å². The molecule has 0 unspecified atom stereocenters. The largest absolute Gasteiger partial charge is 0.321 e. The van der Waals surface area contributed by atoms with E-state index in [0.717, 1.165) is 11.3 Å². The normalized spacial score (nSPS) is 11.1. The van der Waals surface area contributed by atoms with E-state index in [9.17, 15) is 4.79 Å². The van der Waals surface area contributed by atoms with Crippen molar-refractivity contribution in [3.8, 4) is 16.9 Å². The number of carbonyl (C=O) groups is 1. The summed E-state index contributed by atoms with van der Waals surface area (Å²) in [6.07, 6.45) is 4.90. The van der Waals surface area contributed by atoms with Gasteiger partial charge in [0.25, 0.3) is 5.91 Å². The quantitative estimate of drug-likeness (QED) is 0.351. The molecule has 3 aromatic heterocycles. The van der Waals surface area contributed by atoms with E-state index in [-0.39, 0.29) is 11.6 Å². The third-order valence-corrected chi connectivity index (χ3v) is 5.32. The number of halogens is 3. The average Bonchev–Trinajstić information content (AvgIpc) is 3.40. The third-order valence-electron chi connectivity index (χ3n) is 4.69. The van der Waals surface area contributed by atoms with Gasteiger partial charge in [0, 0.05) is 39.8 Å². The van der Waals surface area contributed by atoms with Gasteiger partial charge in [-0.3, -0.25) is 4.79 Å². The number of benzene rings is 2. The maximum atomic E-state index is 12.8. The summed E-state index contributed by atoms with van der Waals surface area (Å²) in [5.74, 6) is -0.361.